The van der Waals surface area contributed by atoms with Gasteiger partial charge in [0.15, 0.2) is 0 Å². The van der Waals surface area contributed by atoms with Crippen LogP contribution in [0.5, 0.6) is 0 Å². The fourth-order valence-corrected chi connectivity index (χ4v) is 19.2. The van der Waals surface area contributed by atoms with E-state index in [1.54, 1.807) is 25.5 Å². The van der Waals surface area contributed by atoms with E-state index >= 15 is 0 Å². The predicted octanol–water partition coefficient (Wildman–Crippen LogP) is 7.16. The van der Waals surface area contributed by atoms with Gasteiger partial charge in [0.1, 0.15) is 0 Å². The van der Waals surface area contributed by atoms with E-state index in [0.29, 0.717) is 9.54 Å². The third-order valence-electron chi connectivity index (χ3n) is 10.9. The summed E-state index contributed by atoms with van der Waals surface area (Å²) in [6, 6.07) is 38.3. The topological polar surface area (TPSA) is 0 Å². The quantitative estimate of drug-likeness (QED) is 0.128. The fourth-order valence-electron chi connectivity index (χ4n) is 8.83. The maximum absolute atomic E-state index is 2.92. The fraction of sp³-hybridized carbons (Fsp3) is 0.383. The van der Waals surface area contributed by atoms with Crippen molar-refractivity contribution >= 4 is 3.21 Å². The van der Waals surface area contributed by atoms with E-state index in [-0.39, 0.29) is 24.8 Å². The van der Waals surface area contributed by atoms with Gasteiger partial charge in [-0.05, 0) is 0 Å². The number of allylic oxidation sites excluding steroid dienone is 4. The molecule has 0 nitrogen and oxygen atoms in total. The van der Waals surface area contributed by atoms with Gasteiger partial charge in [0.25, 0.3) is 0 Å². The second-order valence-corrected chi connectivity index (χ2v) is 20.0. The van der Waals surface area contributed by atoms with Gasteiger partial charge in [-0.3, -0.25) is 0 Å². The number of hydrogen-bond donors (Lipinski definition) is 0. The molecule has 1 unspecified atom stereocenters. The Morgan fingerprint density at radius 3 is 1.46 bits per heavy atom. The normalized spacial score (nSPS) is 14.9. The van der Waals surface area contributed by atoms with Crippen molar-refractivity contribution < 1.29 is 46.1 Å². The van der Waals surface area contributed by atoms with Crippen molar-refractivity contribution in [2.45, 2.75) is 109 Å². The zero-order chi connectivity index (χ0) is 33.6. The van der Waals surface area contributed by atoms with Crippen LogP contribution in [-0.2, 0) is 34.1 Å². The van der Waals surface area contributed by atoms with Crippen molar-refractivity contribution in [2.24, 2.45) is 5.92 Å². The van der Waals surface area contributed by atoms with Gasteiger partial charge in [0.2, 0.25) is 0 Å². The molecule has 4 aromatic rings. The monoisotopic (exact) mass is 780 g/mol. The van der Waals surface area contributed by atoms with Gasteiger partial charge in [0, 0.05) is 0 Å². The summed E-state index contributed by atoms with van der Waals surface area (Å²) in [6.45, 7) is 14.3. The number of benzene rings is 4. The van der Waals surface area contributed by atoms with Crippen LogP contribution in [0.4, 0.5) is 0 Å². The van der Waals surface area contributed by atoms with Crippen LogP contribution >= 0.6 is 0 Å². The SMILES string of the molecule is CCCC1=C(CCC)C(CCC)[C]([Zr+2](=[C](c2ccccc2)c2ccccc2)[CH]2c3cc(CC)ccc3-c3ccc(CC)cc32)=C1CCC.[Cl-].[Cl-]. The van der Waals surface area contributed by atoms with Crippen molar-refractivity contribution in [2.75, 3.05) is 0 Å². The van der Waals surface area contributed by atoms with Gasteiger partial charge in [-0.2, -0.15) is 0 Å². The van der Waals surface area contributed by atoms with E-state index in [0.717, 1.165) is 12.8 Å². The second-order valence-electron chi connectivity index (χ2n) is 14.0. The molecule has 0 radical (unpaired) electrons. The largest absolute Gasteiger partial charge is 1.00 e. The minimum atomic E-state index is -2.92. The summed E-state index contributed by atoms with van der Waals surface area (Å²) in [4.78, 5) is 0. The maximum Gasteiger partial charge on any atom is -1.00 e. The summed E-state index contributed by atoms with van der Waals surface area (Å²) >= 11 is -2.92. The molecule has 2 aliphatic carbocycles. The smallest absolute Gasteiger partial charge is 1.00 e. The van der Waals surface area contributed by atoms with Crippen LogP contribution in [0, 0.1) is 5.92 Å². The first-order valence-corrected chi connectivity index (χ1v) is 23.0. The van der Waals surface area contributed by atoms with E-state index < -0.39 is 21.3 Å². The molecule has 0 amide bonds. The van der Waals surface area contributed by atoms with Gasteiger partial charge in [-0.25, -0.2) is 0 Å². The summed E-state index contributed by atoms with van der Waals surface area (Å²) in [5.74, 6) is 0.589. The van der Waals surface area contributed by atoms with Crippen LogP contribution in [0.25, 0.3) is 11.1 Å². The number of halogens is 2. The Kier molecular flexibility index (Phi) is 15.3. The Balaban J connectivity index is 0.00000281. The number of hydrogen-bond acceptors (Lipinski definition) is 0. The standard InChI is InChI=1S/C17H17.C17H29.C13H10.2ClH.Zr/c1-3-12-5-7-16-14(9-12)11-15-10-13(4-2)6-8-17(15)16;1-5-9-14-13-15(10-6-2)17(12-8-4)16(14)11-7-3;1-3-7-12(8-4-1)11-13-9-5-2-6-10-13;;;/h5-11H,3-4H2,1-2H3;14H,5-12H2,1-4H3;1-10H;2*1H;/q;;;;;+2/p-2. The summed E-state index contributed by atoms with van der Waals surface area (Å²) in [6.07, 6.45) is 12.0. The third-order valence-corrected chi connectivity index (χ3v) is 19.6. The van der Waals surface area contributed by atoms with E-state index in [9.17, 15) is 0 Å². The molecule has 50 heavy (non-hydrogen) atoms. The van der Waals surface area contributed by atoms with E-state index in [4.69, 9.17) is 0 Å². The van der Waals surface area contributed by atoms with Gasteiger partial charge in [-0.15, -0.1) is 0 Å². The minimum absolute atomic E-state index is 0. The molecule has 0 saturated carbocycles. The number of rotatable bonds is 14. The molecule has 2 aliphatic rings. The summed E-state index contributed by atoms with van der Waals surface area (Å²) in [5.41, 5.74) is 17.5. The molecule has 0 N–H and O–H groups in total. The van der Waals surface area contributed by atoms with Crippen LogP contribution < -0.4 is 24.8 Å². The minimum Gasteiger partial charge on any atom is -1.00 e. The second kappa shape index (κ2) is 19.0. The molecule has 0 aliphatic heterocycles. The zero-order valence-electron chi connectivity index (χ0n) is 31.2. The van der Waals surface area contributed by atoms with Crippen molar-refractivity contribution in [1.29, 1.82) is 0 Å². The Bertz CT molecular complexity index is 1730. The number of aryl methyl sites for hydroxylation is 2. The van der Waals surface area contributed by atoms with Gasteiger partial charge in [-0.1, -0.05) is 0 Å². The van der Waals surface area contributed by atoms with Crippen molar-refractivity contribution in [3.05, 3.63) is 150 Å². The Morgan fingerprint density at radius 2 is 1.02 bits per heavy atom. The maximum atomic E-state index is 2.64. The van der Waals surface area contributed by atoms with E-state index in [2.05, 4.69) is 139 Å². The van der Waals surface area contributed by atoms with Crippen LogP contribution in [-0.4, -0.2) is 3.21 Å². The molecule has 0 saturated heterocycles. The Hall–Kier alpha value is -2.31. The van der Waals surface area contributed by atoms with Crippen LogP contribution in [0.15, 0.2) is 117 Å². The first-order chi connectivity index (χ1) is 23.6. The Morgan fingerprint density at radius 1 is 0.540 bits per heavy atom. The first-order valence-electron chi connectivity index (χ1n) is 19.2. The number of fused-ring (bicyclic) bond motifs is 3. The van der Waals surface area contributed by atoms with Crippen molar-refractivity contribution in [3.63, 3.8) is 0 Å². The van der Waals surface area contributed by atoms with Gasteiger partial charge >= 0.3 is 301 Å². The van der Waals surface area contributed by atoms with Crippen LogP contribution in [0.2, 0.25) is 0 Å². The zero-order valence-corrected chi connectivity index (χ0v) is 35.2. The molecule has 3 heteroatoms. The van der Waals surface area contributed by atoms with Gasteiger partial charge < -0.3 is 24.8 Å². The Labute approximate surface area is 323 Å². The molecular formula is C47H56Cl2Zr. The molecule has 0 spiro atoms. The molecule has 4 aromatic carbocycles. The first kappa shape index (κ1) is 40.5. The van der Waals surface area contributed by atoms with Crippen LogP contribution in [0.1, 0.15) is 130 Å². The predicted molar refractivity (Wildman–Crippen MR) is 206 cm³/mol. The molecule has 0 fully saturated rings. The molecule has 0 bridgehead atoms. The van der Waals surface area contributed by atoms with Crippen LogP contribution in [0.3, 0.4) is 0 Å². The van der Waals surface area contributed by atoms with Crippen molar-refractivity contribution in [1.82, 2.24) is 0 Å². The summed E-state index contributed by atoms with van der Waals surface area (Å²) in [5, 5.41) is 0. The average molecular weight is 783 g/mol. The van der Waals surface area contributed by atoms with E-state index in [1.165, 1.54) is 84.7 Å². The molecule has 1 atom stereocenters. The summed E-state index contributed by atoms with van der Waals surface area (Å²) < 4.78 is 4.10. The summed E-state index contributed by atoms with van der Waals surface area (Å²) in [7, 11) is 0. The molecule has 6 rings (SSSR count). The molecule has 0 heterocycles. The average Bonchev–Trinajstić information content (AvgIpc) is 3.59. The molecule has 0 aromatic heterocycles. The molecular weight excluding hydrogens is 727 g/mol. The van der Waals surface area contributed by atoms with E-state index in [1.807, 2.05) is 8.85 Å². The third kappa shape index (κ3) is 7.87. The van der Waals surface area contributed by atoms with Crippen molar-refractivity contribution in [3.8, 4) is 11.1 Å². The molecule has 262 valence electrons. The van der Waals surface area contributed by atoms with Gasteiger partial charge in [0.05, 0.1) is 0 Å².